The van der Waals surface area contributed by atoms with Gasteiger partial charge in [-0.15, -0.1) is 0 Å². The molecule has 0 amide bonds. The summed E-state index contributed by atoms with van der Waals surface area (Å²) in [6, 6.07) is 13.0. The SMILES string of the molecule is CCOC(=O)c1c(-c2ccccc2)oc2ccc(OC(=O)[C@@H](C)Oc3c(F)c(F)c(OCC)c(F)c3F)cc12. The molecule has 4 rings (SSSR count). The van der Waals surface area contributed by atoms with Gasteiger partial charge in [0.1, 0.15) is 22.7 Å². The van der Waals surface area contributed by atoms with Crippen LogP contribution < -0.4 is 14.2 Å². The van der Waals surface area contributed by atoms with Crippen molar-refractivity contribution in [3.05, 3.63) is 77.4 Å². The molecule has 1 aromatic heterocycles. The predicted molar refractivity (Wildman–Crippen MR) is 131 cm³/mol. The first-order chi connectivity index (χ1) is 18.7. The number of esters is 2. The largest absolute Gasteiger partial charge is 0.488 e. The molecule has 204 valence electrons. The molecule has 0 unspecified atom stereocenters. The third-order valence-corrected chi connectivity index (χ3v) is 5.49. The van der Waals surface area contributed by atoms with E-state index < -0.39 is 52.8 Å². The summed E-state index contributed by atoms with van der Waals surface area (Å²) in [5, 5.41) is 0.277. The standard InChI is InChI=1S/C28H22F4O7/c1-4-35-25-20(29)22(31)26(23(32)21(25)30)37-14(3)27(33)38-16-11-12-18-17(13-16)19(28(34)36-5-2)24(39-18)15-9-7-6-8-10-15/h6-14H,4-5H2,1-3H3/t14-/m1/s1. The first-order valence-corrected chi connectivity index (χ1v) is 11.8. The highest BCUT2D eigenvalue weighted by atomic mass is 19.2. The zero-order valence-corrected chi connectivity index (χ0v) is 21.0. The second-order valence-electron chi connectivity index (χ2n) is 8.08. The Morgan fingerprint density at radius 2 is 1.51 bits per heavy atom. The monoisotopic (exact) mass is 546 g/mol. The number of halogens is 4. The van der Waals surface area contributed by atoms with Crippen LogP contribution >= 0.6 is 0 Å². The minimum absolute atomic E-state index is 0.0705. The molecule has 0 saturated carbocycles. The molecule has 0 radical (unpaired) electrons. The van der Waals surface area contributed by atoms with E-state index in [0.717, 1.165) is 6.92 Å². The van der Waals surface area contributed by atoms with Crippen molar-refractivity contribution in [3.63, 3.8) is 0 Å². The van der Waals surface area contributed by atoms with Gasteiger partial charge < -0.3 is 23.4 Å². The molecule has 0 aliphatic carbocycles. The molecule has 3 aromatic carbocycles. The fourth-order valence-electron chi connectivity index (χ4n) is 3.73. The third kappa shape index (κ3) is 5.38. The molecule has 1 atom stereocenters. The zero-order valence-electron chi connectivity index (χ0n) is 21.0. The van der Waals surface area contributed by atoms with Crippen LogP contribution in [-0.4, -0.2) is 31.3 Å². The molecule has 0 spiro atoms. The van der Waals surface area contributed by atoms with Crippen LogP contribution in [0.5, 0.6) is 17.2 Å². The van der Waals surface area contributed by atoms with E-state index in [-0.39, 0.29) is 35.7 Å². The van der Waals surface area contributed by atoms with Crippen LogP contribution in [0.15, 0.2) is 52.9 Å². The van der Waals surface area contributed by atoms with Crippen LogP contribution in [0.2, 0.25) is 0 Å². The minimum Gasteiger partial charge on any atom is -0.488 e. The number of carbonyl (C=O) groups is 2. The van der Waals surface area contributed by atoms with Gasteiger partial charge in [-0.05, 0) is 39.0 Å². The Labute approximate surface area is 219 Å². The number of carbonyl (C=O) groups excluding carboxylic acids is 2. The van der Waals surface area contributed by atoms with Gasteiger partial charge in [0, 0.05) is 10.9 Å². The van der Waals surface area contributed by atoms with Gasteiger partial charge in [0.25, 0.3) is 0 Å². The van der Waals surface area contributed by atoms with Crippen molar-refractivity contribution < 1.29 is 50.5 Å². The summed E-state index contributed by atoms with van der Waals surface area (Å²) in [6.07, 6.45) is -1.70. The number of benzene rings is 3. The van der Waals surface area contributed by atoms with Gasteiger partial charge >= 0.3 is 11.9 Å². The van der Waals surface area contributed by atoms with Gasteiger partial charge in [-0.25, -0.2) is 9.59 Å². The first kappa shape index (κ1) is 27.5. The van der Waals surface area contributed by atoms with E-state index in [1.807, 2.05) is 0 Å². The Morgan fingerprint density at radius 1 is 0.872 bits per heavy atom. The molecule has 11 heteroatoms. The number of rotatable bonds is 9. The molecule has 7 nitrogen and oxygen atoms in total. The van der Waals surface area contributed by atoms with Crippen molar-refractivity contribution in [2.24, 2.45) is 0 Å². The molecule has 0 aliphatic heterocycles. The maximum atomic E-state index is 14.4. The van der Waals surface area contributed by atoms with Gasteiger partial charge in [-0.2, -0.15) is 17.6 Å². The Balaban J connectivity index is 1.63. The smallest absolute Gasteiger partial charge is 0.352 e. The average molecular weight is 546 g/mol. The molecule has 0 saturated heterocycles. The van der Waals surface area contributed by atoms with E-state index in [0.29, 0.717) is 11.1 Å². The van der Waals surface area contributed by atoms with E-state index in [4.69, 9.17) is 18.6 Å². The van der Waals surface area contributed by atoms with Crippen molar-refractivity contribution in [2.75, 3.05) is 13.2 Å². The maximum Gasteiger partial charge on any atom is 0.352 e. The molecule has 0 fully saturated rings. The summed E-state index contributed by atoms with van der Waals surface area (Å²) in [6.45, 7) is 3.94. The van der Waals surface area contributed by atoms with Crippen LogP contribution in [0.1, 0.15) is 31.1 Å². The molecule has 1 heterocycles. The van der Waals surface area contributed by atoms with Crippen LogP contribution in [-0.2, 0) is 9.53 Å². The quantitative estimate of drug-likeness (QED) is 0.101. The molecule has 4 aromatic rings. The molecule has 0 aliphatic rings. The summed E-state index contributed by atoms with van der Waals surface area (Å²) in [7, 11) is 0. The number of hydrogen-bond acceptors (Lipinski definition) is 7. The Hall–Kier alpha value is -4.54. The lowest BCUT2D eigenvalue weighted by Crippen LogP contribution is -2.29. The van der Waals surface area contributed by atoms with Crippen molar-refractivity contribution in [3.8, 4) is 28.6 Å². The van der Waals surface area contributed by atoms with Crippen molar-refractivity contribution in [1.29, 1.82) is 0 Å². The summed E-state index contributed by atoms with van der Waals surface area (Å²) in [4.78, 5) is 25.4. The Bertz CT molecular complexity index is 1500. The molecular formula is C28H22F4O7. The minimum atomic E-state index is -1.87. The third-order valence-electron chi connectivity index (χ3n) is 5.49. The lowest BCUT2D eigenvalue weighted by atomic mass is 10.1. The Kier molecular flexibility index (Phi) is 8.08. The fraction of sp³-hybridized carbons (Fsp3) is 0.214. The number of furan rings is 1. The highest BCUT2D eigenvalue weighted by Crippen LogP contribution is 2.37. The first-order valence-electron chi connectivity index (χ1n) is 11.8. The second-order valence-corrected chi connectivity index (χ2v) is 8.08. The molecule has 0 N–H and O–H groups in total. The van der Waals surface area contributed by atoms with Crippen LogP contribution in [0, 0.1) is 23.3 Å². The number of fused-ring (bicyclic) bond motifs is 1. The van der Waals surface area contributed by atoms with Gasteiger partial charge in [0.05, 0.1) is 13.2 Å². The summed E-state index contributed by atoms with van der Waals surface area (Å²) in [5.41, 5.74) is 1.01. The average Bonchev–Trinajstić information content (AvgIpc) is 3.32. The van der Waals surface area contributed by atoms with Crippen molar-refractivity contribution in [2.45, 2.75) is 26.9 Å². The molecule has 0 bridgehead atoms. The van der Waals surface area contributed by atoms with Gasteiger partial charge in [0.2, 0.25) is 23.3 Å². The normalized spacial score (nSPS) is 11.8. The van der Waals surface area contributed by atoms with Crippen molar-refractivity contribution in [1.82, 2.24) is 0 Å². The summed E-state index contributed by atoms with van der Waals surface area (Å²) >= 11 is 0. The predicted octanol–water partition coefficient (Wildman–Crippen LogP) is 6.60. The van der Waals surface area contributed by atoms with E-state index in [2.05, 4.69) is 4.74 Å². The van der Waals surface area contributed by atoms with Gasteiger partial charge in [-0.1, -0.05) is 30.3 Å². The summed E-state index contributed by atoms with van der Waals surface area (Å²) in [5.74, 6) is -11.7. The van der Waals surface area contributed by atoms with Gasteiger partial charge in [-0.3, -0.25) is 0 Å². The lowest BCUT2D eigenvalue weighted by molar-refractivity contribution is -0.141. The fourth-order valence-corrected chi connectivity index (χ4v) is 3.73. The molecular weight excluding hydrogens is 524 g/mol. The van der Waals surface area contributed by atoms with E-state index in [1.165, 1.54) is 25.1 Å². The number of ether oxygens (including phenoxy) is 4. The lowest BCUT2D eigenvalue weighted by Gasteiger charge is -2.17. The number of hydrogen-bond donors (Lipinski definition) is 0. The second kappa shape index (κ2) is 11.5. The van der Waals surface area contributed by atoms with Crippen molar-refractivity contribution >= 4 is 22.9 Å². The topological polar surface area (TPSA) is 84.2 Å². The Morgan fingerprint density at radius 3 is 2.13 bits per heavy atom. The highest BCUT2D eigenvalue weighted by molar-refractivity contribution is 6.09. The maximum absolute atomic E-state index is 14.4. The van der Waals surface area contributed by atoms with Crippen LogP contribution in [0.3, 0.4) is 0 Å². The van der Waals surface area contributed by atoms with E-state index in [1.54, 1.807) is 37.3 Å². The summed E-state index contributed by atoms with van der Waals surface area (Å²) < 4.78 is 82.9. The van der Waals surface area contributed by atoms with E-state index >= 15 is 0 Å². The molecule has 39 heavy (non-hydrogen) atoms. The van der Waals surface area contributed by atoms with E-state index in [9.17, 15) is 27.2 Å². The van der Waals surface area contributed by atoms with Gasteiger partial charge in [0.15, 0.2) is 17.6 Å². The van der Waals surface area contributed by atoms with Crippen LogP contribution in [0.25, 0.3) is 22.3 Å². The van der Waals surface area contributed by atoms with Crippen LogP contribution in [0.4, 0.5) is 17.6 Å². The highest BCUT2D eigenvalue weighted by Gasteiger charge is 2.31. The zero-order chi connectivity index (χ0) is 28.3.